The SMILES string of the molecule is CCN(CC(=O)Nc1ccc(N2CCOCC2)cc1)C(=O)c1ccc2ccccc2n1. The standard InChI is InChI=1S/C24H26N4O3/c1-2-27(24(30)22-12-7-18-5-3-4-6-21(18)26-22)17-23(29)25-19-8-10-20(11-9-19)28-13-15-31-16-14-28/h3-12H,2,13-17H2,1H3,(H,25,29). The van der Waals surface area contributed by atoms with E-state index in [1.54, 1.807) is 6.07 Å². The van der Waals surface area contributed by atoms with Gasteiger partial charge in [0.2, 0.25) is 5.91 Å². The first-order valence-corrected chi connectivity index (χ1v) is 10.5. The minimum absolute atomic E-state index is 0.0327. The highest BCUT2D eigenvalue weighted by atomic mass is 16.5. The fourth-order valence-corrected chi connectivity index (χ4v) is 3.63. The highest BCUT2D eigenvalue weighted by Crippen LogP contribution is 2.19. The van der Waals surface area contributed by atoms with Gasteiger partial charge in [0.15, 0.2) is 0 Å². The van der Waals surface area contributed by atoms with E-state index in [-0.39, 0.29) is 18.4 Å². The first kappa shape index (κ1) is 20.8. The number of amides is 2. The van der Waals surface area contributed by atoms with Gasteiger partial charge in [0.05, 0.1) is 18.7 Å². The smallest absolute Gasteiger partial charge is 0.272 e. The molecule has 7 heteroatoms. The van der Waals surface area contributed by atoms with Crippen LogP contribution in [0.15, 0.2) is 60.7 Å². The molecule has 2 aromatic carbocycles. The molecule has 0 unspecified atom stereocenters. The van der Waals surface area contributed by atoms with Gasteiger partial charge in [0, 0.05) is 36.4 Å². The van der Waals surface area contributed by atoms with Crippen LogP contribution in [0.2, 0.25) is 0 Å². The van der Waals surface area contributed by atoms with E-state index in [2.05, 4.69) is 15.2 Å². The minimum Gasteiger partial charge on any atom is -0.378 e. The molecule has 0 atom stereocenters. The lowest BCUT2D eigenvalue weighted by molar-refractivity contribution is -0.116. The number of hydrogen-bond donors (Lipinski definition) is 1. The summed E-state index contributed by atoms with van der Waals surface area (Å²) in [5.74, 6) is -0.499. The largest absolute Gasteiger partial charge is 0.378 e. The highest BCUT2D eigenvalue weighted by Gasteiger charge is 2.19. The van der Waals surface area contributed by atoms with Gasteiger partial charge in [0.1, 0.15) is 12.2 Å². The quantitative estimate of drug-likeness (QED) is 0.666. The number of carbonyl (C=O) groups is 2. The van der Waals surface area contributed by atoms with Crippen molar-refractivity contribution in [2.45, 2.75) is 6.92 Å². The number of para-hydroxylation sites is 1. The average Bonchev–Trinajstić information content (AvgIpc) is 2.83. The number of rotatable bonds is 6. The van der Waals surface area contributed by atoms with Crippen LogP contribution in [0.5, 0.6) is 0 Å². The second kappa shape index (κ2) is 9.57. The average molecular weight is 418 g/mol. The third-order valence-electron chi connectivity index (χ3n) is 5.35. The lowest BCUT2D eigenvalue weighted by Gasteiger charge is -2.29. The number of likely N-dealkylation sites (N-methyl/N-ethyl adjacent to an activating group) is 1. The predicted octanol–water partition coefficient (Wildman–Crippen LogP) is 3.17. The molecule has 0 radical (unpaired) electrons. The van der Waals surface area contributed by atoms with Crippen LogP contribution in [0.3, 0.4) is 0 Å². The number of morpholine rings is 1. The number of fused-ring (bicyclic) bond motifs is 1. The Kier molecular flexibility index (Phi) is 6.43. The Balaban J connectivity index is 1.38. The summed E-state index contributed by atoms with van der Waals surface area (Å²) in [6.45, 7) is 5.41. The van der Waals surface area contributed by atoms with E-state index in [0.717, 1.165) is 42.9 Å². The Bertz CT molecular complexity index is 1060. The highest BCUT2D eigenvalue weighted by molar-refractivity contribution is 5.99. The van der Waals surface area contributed by atoms with E-state index < -0.39 is 0 Å². The minimum atomic E-state index is -0.258. The van der Waals surface area contributed by atoms with Crippen LogP contribution in [0, 0.1) is 0 Å². The topological polar surface area (TPSA) is 74.8 Å². The Hall–Kier alpha value is -3.45. The van der Waals surface area contributed by atoms with Gasteiger partial charge in [-0.3, -0.25) is 9.59 Å². The van der Waals surface area contributed by atoms with Gasteiger partial charge in [-0.15, -0.1) is 0 Å². The maximum atomic E-state index is 12.9. The predicted molar refractivity (Wildman–Crippen MR) is 121 cm³/mol. The molecule has 1 aliphatic rings. The van der Waals surface area contributed by atoms with Gasteiger partial charge in [-0.2, -0.15) is 0 Å². The number of hydrogen-bond acceptors (Lipinski definition) is 5. The van der Waals surface area contributed by atoms with Gasteiger partial charge >= 0.3 is 0 Å². The zero-order valence-corrected chi connectivity index (χ0v) is 17.6. The van der Waals surface area contributed by atoms with Crippen molar-refractivity contribution in [3.8, 4) is 0 Å². The summed E-state index contributed by atoms with van der Waals surface area (Å²) in [6, 6.07) is 19.0. The molecule has 3 aromatic rings. The third-order valence-corrected chi connectivity index (χ3v) is 5.35. The molecule has 0 spiro atoms. The molecule has 31 heavy (non-hydrogen) atoms. The van der Waals surface area contributed by atoms with Gasteiger partial charge in [-0.1, -0.05) is 24.3 Å². The molecule has 4 rings (SSSR count). The molecular weight excluding hydrogens is 392 g/mol. The third kappa shape index (κ3) is 5.00. The van der Waals surface area contributed by atoms with Crippen molar-refractivity contribution in [3.05, 3.63) is 66.4 Å². The summed E-state index contributed by atoms with van der Waals surface area (Å²) in [5.41, 5.74) is 2.90. The molecule has 1 aromatic heterocycles. The number of nitrogens with zero attached hydrogens (tertiary/aromatic N) is 3. The summed E-state index contributed by atoms with van der Waals surface area (Å²) in [7, 11) is 0. The maximum Gasteiger partial charge on any atom is 0.272 e. The number of anilines is 2. The van der Waals surface area contributed by atoms with Crippen molar-refractivity contribution in [1.29, 1.82) is 0 Å². The number of nitrogens with one attached hydrogen (secondary N) is 1. The molecule has 0 bridgehead atoms. The second-order valence-corrected chi connectivity index (χ2v) is 7.40. The Morgan fingerprint density at radius 1 is 1.03 bits per heavy atom. The molecule has 2 amide bonds. The molecule has 7 nitrogen and oxygen atoms in total. The summed E-state index contributed by atoms with van der Waals surface area (Å²) in [4.78, 5) is 33.7. The van der Waals surface area contributed by atoms with Crippen molar-refractivity contribution in [2.75, 3.05) is 49.6 Å². The maximum absolute atomic E-state index is 12.9. The lowest BCUT2D eigenvalue weighted by Crippen LogP contribution is -2.38. The van der Waals surface area contributed by atoms with Crippen molar-refractivity contribution in [1.82, 2.24) is 9.88 Å². The fraction of sp³-hybridized carbons (Fsp3) is 0.292. The van der Waals surface area contributed by atoms with E-state index in [1.807, 2.05) is 61.5 Å². The number of carbonyl (C=O) groups excluding carboxylic acids is 2. The van der Waals surface area contributed by atoms with E-state index in [0.29, 0.717) is 17.9 Å². The van der Waals surface area contributed by atoms with Crippen LogP contribution < -0.4 is 10.2 Å². The van der Waals surface area contributed by atoms with Crippen molar-refractivity contribution < 1.29 is 14.3 Å². The van der Waals surface area contributed by atoms with Gasteiger partial charge in [-0.25, -0.2) is 4.98 Å². The molecule has 1 N–H and O–H groups in total. The summed E-state index contributed by atoms with van der Waals surface area (Å²) >= 11 is 0. The Morgan fingerprint density at radius 2 is 1.77 bits per heavy atom. The Morgan fingerprint density at radius 3 is 2.52 bits per heavy atom. The van der Waals surface area contributed by atoms with Crippen LogP contribution >= 0.6 is 0 Å². The normalized spacial score (nSPS) is 13.8. The molecule has 160 valence electrons. The molecule has 1 aliphatic heterocycles. The number of benzene rings is 2. The van der Waals surface area contributed by atoms with E-state index in [9.17, 15) is 9.59 Å². The van der Waals surface area contributed by atoms with Crippen LogP contribution in [-0.4, -0.2) is 61.1 Å². The molecule has 1 saturated heterocycles. The fourth-order valence-electron chi connectivity index (χ4n) is 3.63. The number of pyridine rings is 1. The van der Waals surface area contributed by atoms with Crippen LogP contribution in [0.4, 0.5) is 11.4 Å². The van der Waals surface area contributed by atoms with Gasteiger partial charge in [0.25, 0.3) is 5.91 Å². The van der Waals surface area contributed by atoms with E-state index in [4.69, 9.17) is 4.74 Å². The molecule has 1 fully saturated rings. The van der Waals surface area contributed by atoms with Gasteiger partial charge < -0.3 is 19.9 Å². The van der Waals surface area contributed by atoms with Crippen LogP contribution in [0.1, 0.15) is 17.4 Å². The van der Waals surface area contributed by atoms with Crippen molar-refractivity contribution >= 4 is 34.1 Å². The van der Waals surface area contributed by atoms with Crippen molar-refractivity contribution in [2.24, 2.45) is 0 Å². The Labute approximate surface area is 181 Å². The summed E-state index contributed by atoms with van der Waals surface area (Å²) in [5, 5.41) is 3.85. The summed E-state index contributed by atoms with van der Waals surface area (Å²) in [6.07, 6.45) is 0. The van der Waals surface area contributed by atoms with Crippen LogP contribution in [0.25, 0.3) is 10.9 Å². The van der Waals surface area contributed by atoms with Crippen LogP contribution in [-0.2, 0) is 9.53 Å². The van der Waals surface area contributed by atoms with E-state index in [1.165, 1.54) is 4.90 Å². The second-order valence-electron chi connectivity index (χ2n) is 7.40. The van der Waals surface area contributed by atoms with E-state index >= 15 is 0 Å². The lowest BCUT2D eigenvalue weighted by atomic mass is 10.2. The molecule has 2 heterocycles. The first-order chi connectivity index (χ1) is 15.1. The van der Waals surface area contributed by atoms with Crippen molar-refractivity contribution in [3.63, 3.8) is 0 Å². The first-order valence-electron chi connectivity index (χ1n) is 10.5. The molecular formula is C24H26N4O3. The molecule has 0 aliphatic carbocycles. The molecule has 0 saturated carbocycles. The monoisotopic (exact) mass is 418 g/mol. The zero-order chi connectivity index (χ0) is 21.6. The summed E-state index contributed by atoms with van der Waals surface area (Å²) < 4.78 is 5.38. The number of ether oxygens (including phenoxy) is 1. The zero-order valence-electron chi connectivity index (χ0n) is 17.6. The number of aromatic nitrogens is 1. The van der Waals surface area contributed by atoms with Gasteiger partial charge in [-0.05, 0) is 43.3 Å².